The van der Waals surface area contributed by atoms with Crippen LogP contribution in [-0.2, 0) is 32.0 Å². The fraction of sp³-hybridized carbons (Fsp3) is 0.232. The minimum atomic E-state index is -0.747. The Morgan fingerprint density at radius 3 is 1.76 bits per heavy atom. The van der Waals surface area contributed by atoms with Gasteiger partial charge < -0.3 is 20.2 Å². The Balaban J connectivity index is 0.000000184. The summed E-state index contributed by atoms with van der Waals surface area (Å²) in [6, 6.07) is 18.4. The number of aromatic nitrogens is 13. The third kappa shape index (κ3) is 16.4. The van der Waals surface area contributed by atoms with E-state index >= 15 is 0 Å². The maximum Gasteiger partial charge on any atom is 0.345 e. The summed E-state index contributed by atoms with van der Waals surface area (Å²) in [5, 5.41) is 30.9. The lowest BCUT2D eigenvalue weighted by Crippen LogP contribution is -2.51. The lowest BCUT2D eigenvalue weighted by atomic mass is 10.1. The van der Waals surface area contributed by atoms with Crippen molar-refractivity contribution in [2.45, 2.75) is 81.8 Å². The zero-order valence-corrected chi connectivity index (χ0v) is 47.1. The largest absolute Gasteiger partial charge is 0.462 e. The molecule has 4 amide bonds. The molecule has 1 unspecified atom stereocenters. The van der Waals surface area contributed by atoms with E-state index in [0.29, 0.717) is 47.1 Å². The number of ether oxygens (including phenoxy) is 1. The van der Waals surface area contributed by atoms with Crippen LogP contribution in [0.25, 0.3) is 28.4 Å². The number of hydrazine groups is 2. The van der Waals surface area contributed by atoms with E-state index < -0.39 is 46.5 Å². The van der Waals surface area contributed by atoms with Gasteiger partial charge in [0.1, 0.15) is 45.9 Å². The molecule has 2 aliphatic rings. The first-order chi connectivity index (χ1) is 41.6. The van der Waals surface area contributed by atoms with E-state index in [1.54, 1.807) is 64.1 Å². The SMILES string of the molecule is C.C.CC1=NN2C(=O)C(C(=O)NNC(=O)Cc3ccc(F)cc3)=CNC2C1.CCOC(=O)c1cnc2cc(C)[nH]n2c1=O.Cc1cc(N)n[nH]1.Cc1cc2ncc(-c3nnc(Cc4ccc(F)cc4)o3)c(=O)n2[nH]1.Cc1cc2ncc(C(=O)NN)c(=O)n2[nH]1. The number of esters is 1. The van der Waals surface area contributed by atoms with E-state index in [0.717, 1.165) is 34.1 Å². The molecule has 10 heterocycles. The molecule has 12 N–H and O–H groups in total. The minimum Gasteiger partial charge on any atom is -0.462 e. The smallest absolute Gasteiger partial charge is 0.345 e. The molecule has 31 nitrogen and oxygen atoms in total. The average molecular weight is 1230 g/mol. The molecule has 12 rings (SSSR count). The Hall–Kier alpha value is -11.8. The van der Waals surface area contributed by atoms with Gasteiger partial charge in [0.15, 0.2) is 16.9 Å². The van der Waals surface area contributed by atoms with Crippen LogP contribution in [0.3, 0.4) is 0 Å². The number of H-pyrrole nitrogens is 4. The lowest BCUT2D eigenvalue weighted by molar-refractivity contribution is -0.134. The van der Waals surface area contributed by atoms with Crippen molar-refractivity contribution in [2.75, 3.05) is 12.3 Å². The van der Waals surface area contributed by atoms with Gasteiger partial charge in [-0.2, -0.15) is 10.2 Å². The zero-order chi connectivity index (χ0) is 62.6. The minimum absolute atomic E-state index is 0. The number of fused-ring (bicyclic) bond motifs is 4. The van der Waals surface area contributed by atoms with Crippen molar-refractivity contribution in [3.8, 4) is 11.5 Å². The van der Waals surface area contributed by atoms with Gasteiger partial charge in [-0.15, -0.1) is 10.2 Å². The van der Waals surface area contributed by atoms with Crippen LogP contribution in [0.1, 0.15) is 95.6 Å². The second kappa shape index (κ2) is 29.4. The van der Waals surface area contributed by atoms with E-state index in [1.165, 1.54) is 79.7 Å². The van der Waals surface area contributed by atoms with Crippen molar-refractivity contribution in [3.63, 3.8) is 0 Å². The number of carbonyl (C=O) groups is 5. The second-order valence-corrected chi connectivity index (χ2v) is 19.0. The summed E-state index contributed by atoms with van der Waals surface area (Å²) in [5.74, 6) is 2.14. The number of aryl methyl sites for hydroxylation is 4. The molecule has 0 aliphatic carbocycles. The van der Waals surface area contributed by atoms with Crippen molar-refractivity contribution < 1.29 is 41.9 Å². The highest BCUT2D eigenvalue weighted by molar-refractivity contribution is 6.19. The number of hydrogen-bond donors (Lipinski definition) is 10. The topological polar surface area (TPSA) is 428 Å². The molecule has 33 heteroatoms. The Morgan fingerprint density at radius 1 is 0.697 bits per heavy atom. The van der Waals surface area contributed by atoms with Crippen molar-refractivity contribution in [1.82, 2.24) is 90.8 Å². The van der Waals surface area contributed by atoms with Gasteiger partial charge in [0.05, 0.1) is 19.4 Å². The van der Waals surface area contributed by atoms with Crippen LogP contribution in [0.15, 0.2) is 127 Å². The average Bonchev–Trinajstić information content (AvgIpc) is 1.82. The highest BCUT2D eigenvalue weighted by Gasteiger charge is 2.37. The van der Waals surface area contributed by atoms with E-state index in [9.17, 15) is 47.1 Å². The van der Waals surface area contributed by atoms with Crippen LogP contribution < -0.4 is 49.8 Å². The summed E-state index contributed by atoms with van der Waals surface area (Å²) >= 11 is 0. The first-order valence-corrected chi connectivity index (χ1v) is 26.0. The van der Waals surface area contributed by atoms with Gasteiger partial charge in [0.25, 0.3) is 40.3 Å². The van der Waals surface area contributed by atoms with E-state index in [2.05, 4.69) is 71.9 Å². The first-order valence-electron chi connectivity index (χ1n) is 26.0. The quantitative estimate of drug-likeness (QED) is 0.0326. The summed E-state index contributed by atoms with van der Waals surface area (Å²) in [5.41, 5.74) is 17.3. The number of carbonyl (C=O) groups excluding carboxylic acids is 5. The van der Waals surface area contributed by atoms with Crippen LogP contribution in [0.5, 0.6) is 0 Å². The Bertz CT molecular complexity index is 4420. The fourth-order valence-electron chi connectivity index (χ4n) is 8.15. The number of nitrogens with two attached hydrogens (primary N) is 2. The van der Waals surface area contributed by atoms with Crippen molar-refractivity contribution >= 4 is 58.1 Å². The third-order valence-corrected chi connectivity index (χ3v) is 12.2. The molecule has 2 aromatic carbocycles. The molecule has 0 saturated heterocycles. The maximum atomic E-state index is 12.9. The summed E-state index contributed by atoms with van der Waals surface area (Å²) < 4.78 is 39.8. The van der Waals surface area contributed by atoms with Crippen LogP contribution in [0.4, 0.5) is 14.6 Å². The number of hydrogen-bond acceptors (Lipinski definition) is 20. The zero-order valence-electron chi connectivity index (χ0n) is 47.1. The first kappa shape index (κ1) is 66.4. The molecule has 89 heavy (non-hydrogen) atoms. The van der Waals surface area contributed by atoms with Crippen molar-refractivity contribution in [3.05, 3.63) is 197 Å². The van der Waals surface area contributed by atoms with Crippen molar-refractivity contribution in [2.24, 2.45) is 10.9 Å². The van der Waals surface area contributed by atoms with Crippen LogP contribution >= 0.6 is 0 Å². The second-order valence-electron chi connectivity index (χ2n) is 19.0. The molecule has 0 saturated carbocycles. The number of anilines is 1. The molecular weight excluding hydrogens is 1160 g/mol. The number of aromatic amines is 4. The van der Waals surface area contributed by atoms with Crippen molar-refractivity contribution in [1.29, 1.82) is 0 Å². The number of nitrogens with zero attached hydrogens (tertiary/aromatic N) is 11. The standard InChI is InChI=1S/C16H16FN5O3.C16H12FN5O2.C10H11N3O3.C8H9N5O2.C4H7N3.2CH4/c1-9-6-13-18-8-12(16(25)22(13)21-9)15(24)20-19-14(23)7-10-2-4-11(17)5-3-10;1-9-6-13-18-8-12(16(23)22(13)21-9)15-20-19-14(24-15)7-10-2-4-11(17)5-3-10;1-3-16-10(15)7-5-11-8-4-6(2)12-13(8)9(7)14;1-4-2-6-10-3-5(7(14)11-9)8(15)13(6)12-4;1-3-2-4(5)7-6-3;;/h2-5,8,13,18H,6-7H2,1H3,(H,19,23)(H,20,24);2-6,8,21H,7H2,1H3;4-5,12H,3H2,1-2H3;2-3,12H,9H2,1H3,(H,11,14);2H,1H3,(H3,5,6,7);2*1H4. The predicted molar refractivity (Wildman–Crippen MR) is 319 cm³/mol. The lowest BCUT2D eigenvalue weighted by Gasteiger charge is -2.27. The number of rotatable bonds is 9. The Morgan fingerprint density at radius 2 is 1.24 bits per heavy atom. The van der Waals surface area contributed by atoms with Gasteiger partial charge in [-0.05, 0) is 76.9 Å². The highest BCUT2D eigenvalue weighted by Crippen LogP contribution is 2.21. The maximum absolute atomic E-state index is 12.9. The Kier molecular flexibility index (Phi) is 21.9. The van der Waals surface area contributed by atoms with Gasteiger partial charge in [-0.1, -0.05) is 39.1 Å². The molecule has 0 bridgehead atoms. The van der Waals surface area contributed by atoms with Crippen LogP contribution in [0.2, 0.25) is 0 Å². The molecule has 0 spiro atoms. The molecule has 0 fully saturated rings. The normalized spacial score (nSPS) is 12.7. The number of benzene rings is 2. The molecular formula is C56H63F2N21O10. The number of halogens is 2. The Labute approximate surface area is 502 Å². The number of hydrazone groups is 1. The van der Waals surface area contributed by atoms with Crippen LogP contribution in [-0.4, -0.2) is 117 Å². The van der Waals surface area contributed by atoms with Gasteiger partial charge in [-0.25, -0.2) is 52.9 Å². The fourth-order valence-corrected chi connectivity index (χ4v) is 8.15. The number of nitrogens with one attached hydrogen (secondary N) is 8. The van der Waals surface area contributed by atoms with Gasteiger partial charge in [-0.3, -0.25) is 70.2 Å². The van der Waals surface area contributed by atoms with Gasteiger partial charge in [0.2, 0.25) is 11.8 Å². The summed E-state index contributed by atoms with van der Waals surface area (Å²) in [4.78, 5) is 107. The summed E-state index contributed by atoms with van der Waals surface area (Å²) in [6.07, 6.45) is 5.80. The molecule has 2 aliphatic heterocycles. The monoisotopic (exact) mass is 1230 g/mol. The molecule has 1 atom stereocenters. The predicted octanol–water partition coefficient (Wildman–Crippen LogP) is 3.06. The number of nitrogen functional groups attached to an aromatic ring is 2. The molecule has 10 aromatic rings. The van der Waals surface area contributed by atoms with Gasteiger partial charge >= 0.3 is 5.97 Å². The van der Waals surface area contributed by atoms with E-state index in [4.69, 9.17) is 20.7 Å². The summed E-state index contributed by atoms with van der Waals surface area (Å²) in [6.45, 7) is 11.0. The highest BCUT2D eigenvalue weighted by atomic mass is 19.1. The molecule has 466 valence electrons. The van der Waals surface area contributed by atoms with Crippen LogP contribution in [0, 0.1) is 39.3 Å². The van der Waals surface area contributed by atoms with E-state index in [-0.39, 0.29) is 73.6 Å². The van der Waals surface area contributed by atoms with E-state index in [1.807, 2.05) is 19.3 Å². The number of amides is 4. The third-order valence-electron chi connectivity index (χ3n) is 12.2. The van der Waals surface area contributed by atoms with Gasteiger partial charge in [0, 0.05) is 84.0 Å². The summed E-state index contributed by atoms with van der Waals surface area (Å²) in [7, 11) is 0. The molecule has 0 radical (unpaired) electrons. The molecule has 8 aromatic heterocycles.